The van der Waals surface area contributed by atoms with Crippen molar-refractivity contribution in [3.05, 3.63) is 62.5 Å². The zero-order valence-corrected chi connectivity index (χ0v) is 17.8. The van der Waals surface area contributed by atoms with E-state index in [-0.39, 0.29) is 5.41 Å². The summed E-state index contributed by atoms with van der Waals surface area (Å²) in [5, 5.41) is 1.60. The van der Waals surface area contributed by atoms with E-state index in [2.05, 4.69) is 4.98 Å². The third-order valence-corrected chi connectivity index (χ3v) is 5.50. The normalized spacial score (nSPS) is 12.8. The Balaban J connectivity index is 2.12. The molecule has 0 atom stereocenters. The molecule has 0 fully saturated rings. The van der Waals surface area contributed by atoms with Gasteiger partial charge in [0.25, 0.3) is 0 Å². The molecular weight excluding hydrogens is 408 g/mol. The Morgan fingerprint density at radius 3 is 2.25 bits per heavy atom. The van der Waals surface area contributed by atoms with Crippen LogP contribution in [0.1, 0.15) is 48.7 Å². The van der Waals surface area contributed by atoms with E-state index < -0.39 is 11.7 Å². The smallest absolute Gasteiger partial charge is 0.350 e. The summed E-state index contributed by atoms with van der Waals surface area (Å²) in [5.74, 6) is 0. The van der Waals surface area contributed by atoms with Crippen LogP contribution in [0.3, 0.4) is 0 Å². The first-order valence-corrected chi connectivity index (χ1v) is 9.55. The SMILES string of the molecule is Cc1cc(C(F)(F)F)cc2c1c(Cc1c(Cl)cc(C(C)(C)C)nc1Cl)cn2C. The van der Waals surface area contributed by atoms with Crippen LogP contribution in [0, 0.1) is 6.92 Å². The van der Waals surface area contributed by atoms with Gasteiger partial charge in [-0.1, -0.05) is 44.0 Å². The van der Waals surface area contributed by atoms with Crippen molar-refractivity contribution >= 4 is 34.1 Å². The molecule has 0 saturated heterocycles. The van der Waals surface area contributed by atoms with Crippen LogP contribution in [0.4, 0.5) is 13.2 Å². The van der Waals surface area contributed by atoms with Crippen molar-refractivity contribution in [2.24, 2.45) is 7.05 Å². The quantitative estimate of drug-likeness (QED) is 0.398. The highest BCUT2D eigenvalue weighted by atomic mass is 35.5. The monoisotopic (exact) mass is 428 g/mol. The molecule has 0 N–H and O–H groups in total. The lowest BCUT2D eigenvalue weighted by Gasteiger charge is -2.19. The fourth-order valence-corrected chi connectivity index (χ4v) is 3.94. The zero-order chi connectivity index (χ0) is 21.0. The lowest BCUT2D eigenvalue weighted by Crippen LogP contribution is -2.14. The largest absolute Gasteiger partial charge is 0.416 e. The van der Waals surface area contributed by atoms with Gasteiger partial charge in [-0.3, -0.25) is 0 Å². The summed E-state index contributed by atoms with van der Waals surface area (Å²) >= 11 is 12.9. The van der Waals surface area contributed by atoms with Gasteiger partial charge in [-0.05, 0) is 36.2 Å². The standard InChI is InChI=1S/C21H21Cl2F3N2/c1-11-6-13(21(24,25)26)8-16-18(11)12(10-28(16)5)7-14-15(22)9-17(20(2,3)4)27-19(14)23/h6,8-10H,7H2,1-5H3. The van der Waals surface area contributed by atoms with Gasteiger partial charge in [0.05, 0.1) is 5.56 Å². The number of aromatic nitrogens is 2. The van der Waals surface area contributed by atoms with Gasteiger partial charge in [-0.15, -0.1) is 0 Å². The van der Waals surface area contributed by atoms with E-state index in [1.165, 1.54) is 12.1 Å². The van der Waals surface area contributed by atoms with Crippen LogP contribution in [0.25, 0.3) is 10.9 Å². The van der Waals surface area contributed by atoms with Crippen LogP contribution in [-0.2, 0) is 25.1 Å². The van der Waals surface area contributed by atoms with E-state index in [0.717, 1.165) is 16.6 Å². The predicted molar refractivity (Wildman–Crippen MR) is 108 cm³/mol. The highest BCUT2D eigenvalue weighted by Gasteiger charge is 2.32. The molecule has 0 aliphatic carbocycles. The van der Waals surface area contributed by atoms with E-state index in [1.807, 2.05) is 33.0 Å². The van der Waals surface area contributed by atoms with Gasteiger partial charge < -0.3 is 4.57 Å². The maximum absolute atomic E-state index is 13.2. The van der Waals surface area contributed by atoms with Crippen molar-refractivity contribution in [3.8, 4) is 0 Å². The number of halogens is 5. The summed E-state index contributed by atoms with van der Waals surface area (Å²) in [6.45, 7) is 7.75. The molecule has 1 aromatic carbocycles. The maximum Gasteiger partial charge on any atom is 0.416 e. The second-order valence-electron chi connectivity index (χ2n) is 8.14. The molecule has 3 aromatic rings. The first kappa shape index (κ1) is 21.0. The Bertz CT molecular complexity index is 1040. The first-order chi connectivity index (χ1) is 12.8. The summed E-state index contributed by atoms with van der Waals surface area (Å²) in [7, 11) is 1.73. The molecule has 3 rings (SSSR count). The Morgan fingerprint density at radius 2 is 1.71 bits per heavy atom. The molecule has 0 amide bonds. The molecule has 2 heterocycles. The number of fused-ring (bicyclic) bond motifs is 1. The van der Waals surface area contributed by atoms with Gasteiger partial charge >= 0.3 is 6.18 Å². The number of rotatable bonds is 2. The van der Waals surface area contributed by atoms with Crippen molar-refractivity contribution in [3.63, 3.8) is 0 Å². The second-order valence-corrected chi connectivity index (χ2v) is 8.90. The molecule has 2 nitrogen and oxygen atoms in total. The van der Waals surface area contributed by atoms with Crippen molar-refractivity contribution < 1.29 is 13.2 Å². The fourth-order valence-electron chi connectivity index (χ4n) is 3.37. The van der Waals surface area contributed by atoms with Crippen LogP contribution in [0.15, 0.2) is 24.4 Å². The van der Waals surface area contributed by atoms with E-state index in [9.17, 15) is 13.2 Å². The molecule has 28 heavy (non-hydrogen) atoms. The molecule has 0 aliphatic rings. The van der Waals surface area contributed by atoms with Gasteiger partial charge in [0.1, 0.15) is 5.15 Å². The molecule has 150 valence electrons. The Kier molecular flexibility index (Phi) is 5.22. The van der Waals surface area contributed by atoms with Gasteiger partial charge in [0, 0.05) is 52.3 Å². The molecule has 2 aromatic heterocycles. The molecule has 0 spiro atoms. The maximum atomic E-state index is 13.2. The number of aryl methyl sites for hydroxylation is 2. The third kappa shape index (κ3) is 3.87. The van der Waals surface area contributed by atoms with Gasteiger partial charge in [0.2, 0.25) is 0 Å². The van der Waals surface area contributed by atoms with Gasteiger partial charge in [0.15, 0.2) is 0 Å². The highest BCUT2D eigenvalue weighted by Crippen LogP contribution is 2.37. The van der Waals surface area contributed by atoms with Gasteiger partial charge in [-0.2, -0.15) is 13.2 Å². The van der Waals surface area contributed by atoms with Crippen LogP contribution in [0.2, 0.25) is 10.2 Å². The molecular formula is C21H21Cl2F3N2. The van der Waals surface area contributed by atoms with Crippen LogP contribution in [-0.4, -0.2) is 9.55 Å². The van der Waals surface area contributed by atoms with E-state index >= 15 is 0 Å². The second kappa shape index (κ2) is 6.96. The summed E-state index contributed by atoms with van der Waals surface area (Å²) in [4.78, 5) is 4.48. The van der Waals surface area contributed by atoms with E-state index in [1.54, 1.807) is 18.5 Å². The van der Waals surface area contributed by atoms with Crippen LogP contribution < -0.4 is 0 Å². The minimum atomic E-state index is -4.39. The Morgan fingerprint density at radius 1 is 1.07 bits per heavy atom. The zero-order valence-electron chi connectivity index (χ0n) is 16.3. The molecule has 0 bridgehead atoms. The number of hydrogen-bond acceptors (Lipinski definition) is 1. The lowest BCUT2D eigenvalue weighted by molar-refractivity contribution is -0.137. The Labute approximate surface area is 172 Å². The van der Waals surface area contributed by atoms with Gasteiger partial charge in [-0.25, -0.2) is 4.98 Å². The van der Waals surface area contributed by atoms with Crippen molar-refractivity contribution in [1.29, 1.82) is 0 Å². The number of pyridine rings is 1. The summed E-state index contributed by atoms with van der Waals surface area (Å²) < 4.78 is 41.2. The highest BCUT2D eigenvalue weighted by molar-refractivity contribution is 6.35. The average molecular weight is 429 g/mol. The number of benzene rings is 1. The topological polar surface area (TPSA) is 17.8 Å². The lowest BCUT2D eigenvalue weighted by atomic mass is 9.91. The van der Waals surface area contributed by atoms with E-state index in [4.69, 9.17) is 23.2 Å². The number of hydrogen-bond donors (Lipinski definition) is 0. The fraction of sp³-hybridized carbons (Fsp3) is 0.381. The van der Waals surface area contributed by atoms with Crippen LogP contribution in [0.5, 0.6) is 0 Å². The molecule has 0 saturated carbocycles. The molecule has 0 unspecified atom stereocenters. The summed E-state index contributed by atoms with van der Waals surface area (Å²) in [6.07, 6.45) is -2.18. The van der Waals surface area contributed by atoms with E-state index in [0.29, 0.717) is 33.2 Å². The predicted octanol–water partition coefficient (Wildman–Crippen LogP) is 7.10. The van der Waals surface area contributed by atoms with Crippen molar-refractivity contribution in [1.82, 2.24) is 9.55 Å². The summed E-state index contributed by atoms with van der Waals surface area (Å²) in [5.41, 5.74) is 2.55. The third-order valence-electron chi connectivity index (χ3n) is 4.85. The van der Waals surface area contributed by atoms with Crippen LogP contribution >= 0.6 is 23.2 Å². The number of nitrogens with zero attached hydrogens (tertiary/aromatic N) is 2. The number of alkyl halides is 3. The molecule has 0 radical (unpaired) electrons. The Hall–Kier alpha value is -1.72. The van der Waals surface area contributed by atoms with Crippen molar-refractivity contribution in [2.45, 2.75) is 45.7 Å². The minimum absolute atomic E-state index is 0.199. The molecule has 0 aliphatic heterocycles. The molecule has 7 heteroatoms. The summed E-state index contributed by atoms with van der Waals surface area (Å²) in [6, 6.07) is 4.16. The van der Waals surface area contributed by atoms with Crippen molar-refractivity contribution in [2.75, 3.05) is 0 Å². The first-order valence-electron chi connectivity index (χ1n) is 8.80. The average Bonchev–Trinajstić information content (AvgIpc) is 2.85. The minimum Gasteiger partial charge on any atom is -0.350 e.